The van der Waals surface area contributed by atoms with E-state index in [1.807, 2.05) is 6.07 Å². The molecule has 2 aliphatic heterocycles. The number of fused-ring (bicyclic) bond motifs is 2. The summed E-state index contributed by atoms with van der Waals surface area (Å²) in [5, 5.41) is 3.67. The third-order valence-corrected chi connectivity index (χ3v) is 7.54. The second-order valence-corrected chi connectivity index (χ2v) is 9.54. The topological polar surface area (TPSA) is 38.3 Å². The summed E-state index contributed by atoms with van der Waals surface area (Å²) in [5.74, 6) is 0.166. The molecule has 2 fully saturated rings. The molecule has 0 aliphatic carbocycles. The van der Waals surface area contributed by atoms with Gasteiger partial charge in [0.1, 0.15) is 0 Å². The SMILES string of the molecule is CCc1ccc([C@H]2C[C@H]3CCC(N3)C2C(=O)OCCCc2ccccc2)cc1I. The fraction of sp³-hybridized carbons (Fsp3) is 0.480. The molecule has 2 unspecified atom stereocenters. The first kappa shape index (κ1) is 20.9. The Morgan fingerprint density at radius 1 is 1.17 bits per heavy atom. The second kappa shape index (κ2) is 9.61. The van der Waals surface area contributed by atoms with Gasteiger partial charge in [-0.2, -0.15) is 0 Å². The van der Waals surface area contributed by atoms with Crippen LogP contribution in [0.5, 0.6) is 0 Å². The fourth-order valence-electron chi connectivity index (χ4n) is 5.00. The van der Waals surface area contributed by atoms with Crippen molar-refractivity contribution in [1.29, 1.82) is 0 Å². The molecule has 29 heavy (non-hydrogen) atoms. The van der Waals surface area contributed by atoms with E-state index in [9.17, 15) is 4.79 Å². The molecule has 0 saturated carbocycles. The van der Waals surface area contributed by atoms with Gasteiger partial charge in [0.05, 0.1) is 12.5 Å². The predicted molar refractivity (Wildman–Crippen MR) is 125 cm³/mol. The molecule has 154 valence electrons. The smallest absolute Gasteiger partial charge is 0.311 e. The minimum absolute atomic E-state index is 0.0181. The van der Waals surface area contributed by atoms with Gasteiger partial charge in [0.2, 0.25) is 0 Å². The van der Waals surface area contributed by atoms with E-state index in [-0.39, 0.29) is 23.8 Å². The number of piperidine rings is 1. The Bertz CT molecular complexity index is 838. The van der Waals surface area contributed by atoms with Crippen molar-refractivity contribution in [2.75, 3.05) is 6.61 Å². The Kier molecular flexibility index (Phi) is 6.91. The van der Waals surface area contributed by atoms with Crippen molar-refractivity contribution >= 4 is 28.6 Å². The molecule has 2 bridgehead atoms. The Morgan fingerprint density at radius 3 is 2.76 bits per heavy atom. The number of carbonyl (C=O) groups is 1. The van der Waals surface area contributed by atoms with Crippen LogP contribution >= 0.6 is 22.6 Å². The summed E-state index contributed by atoms with van der Waals surface area (Å²) in [6.07, 6.45) is 6.14. The molecule has 4 atom stereocenters. The third kappa shape index (κ3) is 4.85. The highest BCUT2D eigenvalue weighted by Crippen LogP contribution is 2.43. The number of halogens is 1. The van der Waals surface area contributed by atoms with Crippen molar-refractivity contribution in [2.24, 2.45) is 5.92 Å². The van der Waals surface area contributed by atoms with Gasteiger partial charge in [0.15, 0.2) is 0 Å². The summed E-state index contributed by atoms with van der Waals surface area (Å²) >= 11 is 2.43. The van der Waals surface area contributed by atoms with E-state index in [1.165, 1.54) is 26.7 Å². The number of hydrogen-bond donors (Lipinski definition) is 1. The lowest BCUT2D eigenvalue weighted by Gasteiger charge is -2.36. The normalized spacial score (nSPS) is 25.7. The largest absolute Gasteiger partial charge is 0.465 e. The van der Waals surface area contributed by atoms with Gasteiger partial charge in [0.25, 0.3) is 0 Å². The molecule has 3 nitrogen and oxygen atoms in total. The number of aryl methyl sites for hydroxylation is 2. The molecular weight excluding hydrogens is 473 g/mol. The van der Waals surface area contributed by atoms with Crippen LogP contribution < -0.4 is 5.32 Å². The van der Waals surface area contributed by atoms with E-state index < -0.39 is 0 Å². The summed E-state index contributed by atoms with van der Waals surface area (Å²) in [6, 6.07) is 18.0. The highest BCUT2D eigenvalue weighted by atomic mass is 127. The first-order valence-electron chi connectivity index (χ1n) is 10.9. The minimum atomic E-state index is -0.0752. The van der Waals surface area contributed by atoms with Crippen molar-refractivity contribution in [3.8, 4) is 0 Å². The molecule has 0 amide bonds. The maximum atomic E-state index is 13.1. The molecule has 0 aromatic heterocycles. The van der Waals surface area contributed by atoms with Crippen molar-refractivity contribution in [3.05, 3.63) is 68.8 Å². The predicted octanol–water partition coefficient (Wildman–Crippen LogP) is 5.25. The van der Waals surface area contributed by atoms with Crippen molar-refractivity contribution < 1.29 is 9.53 Å². The maximum absolute atomic E-state index is 13.1. The van der Waals surface area contributed by atoms with Gasteiger partial charge in [-0.25, -0.2) is 0 Å². The van der Waals surface area contributed by atoms with Crippen LogP contribution in [0.1, 0.15) is 55.2 Å². The molecule has 0 radical (unpaired) electrons. The molecular formula is C25H30INO2. The average molecular weight is 503 g/mol. The molecule has 0 spiro atoms. The first-order chi connectivity index (χ1) is 14.2. The summed E-state index contributed by atoms with van der Waals surface area (Å²) in [5.41, 5.74) is 3.98. The third-order valence-electron chi connectivity index (χ3n) is 6.54. The zero-order valence-electron chi connectivity index (χ0n) is 17.1. The minimum Gasteiger partial charge on any atom is -0.465 e. The summed E-state index contributed by atoms with van der Waals surface area (Å²) in [4.78, 5) is 13.1. The Morgan fingerprint density at radius 2 is 2.00 bits per heavy atom. The molecule has 4 rings (SSSR count). The van der Waals surface area contributed by atoms with E-state index in [0.29, 0.717) is 12.6 Å². The molecule has 2 aromatic rings. The zero-order chi connectivity index (χ0) is 20.2. The Hall–Kier alpha value is -1.40. The lowest BCUT2D eigenvalue weighted by atomic mass is 9.77. The van der Waals surface area contributed by atoms with Crippen molar-refractivity contribution in [2.45, 2.75) is 63.5 Å². The van der Waals surface area contributed by atoms with Gasteiger partial charge < -0.3 is 10.1 Å². The Labute approximate surface area is 187 Å². The van der Waals surface area contributed by atoms with Crippen LogP contribution in [0.3, 0.4) is 0 Å². The highest BCUT2D eigenvalue weighted by Gasteiger charge is 2.46. The van der Waals surface area contributed by atoms with Crippen LogP contribution in [-0.2, 0) is 22.4 Å². The lowest BCUT2D eigenvalue weighted by Crippen LogP contribution is -2.48. The summed E-state index contributed by atoms with van der Waals surface area (Å²) in [7, 11) is 0. The van der Waals surface area contributed by atoms with Crippen LogP contribution in [0.15, 0.2) is 48.5 Å². The first-order valence-corrected chi connectivity index (χ1v) is 12.0. The molecule has 2 aliphatic rings. The van der Waals surface area contributed by atoms with Crippen LogP contribution in [0.4, 0.5) is 0 Å². The number of rotatable bonds is 7. The monoisotopic (exact) mass is 503 g/mol. The molecule has 4 heteroatoms. The number of benzene rings is 2. The summed E-state index contributed by atoms with van der Waals surface area (Å²) in [6.45, 7) is 2.69. The quantitative estimate of drug-likeness (QED) is 0.319. The number of ether oxygens (including phenoxy) is 1. The van der Waals surface area contributed by atoms with Gasteiger partial charge in [-0.05, 0) is 83.9 Å². The van der Waals surface area contributed by atoms with Gasteiger partial charge in [0, 0.05) is 21.6 Å². The number of nitrogens with one attached hydrogen (secondary N) is 1. The standard InChI is InChI=1S/C25H30INO2/c1-2-18-10-11-19(15-22(18)26)21-16-20-12-13-23(27-20)24(21)25(28)29-14-6-9-17-7-4-3-5-8-17/h3-5,7-8,10-11,15,20-21,23-24,27H,2,6,9,12-14,16H2,1H3/t20-,21-,23?,24?/m1/s1. The summed E-state index contributed by atoms with van der Waals surface area (Å²) < 4.78 is 7.11. The van der Waals surface area contributed by atoms with Crippen LogP contribution in [-0.4, -0.2) is 24.7 Å². The molecule has 2 saturated heterocycles. The van der Waals surface area contributed by atoms with Gasteiger partial charge in [-0.15, -0.1) is 0 Å². The van der Waals surface area contributed by atoms with Gasteiger partial charge >= 0.3 is 5.97 Å². The number of hydrogen-bond acceptors (Lipinski definition) is 3. The van der Waals surface area contributed by atoms with Crippen molar-refractivity contribution in [3.63, 3.8) is 0 Å². The van der Waals surface area contributed by atoms with E-state index in [0.717, 1.165) is 32.1 Å². The number of carbonyl (C=O) groups excluding carboxylic acids is 1. The fourth-order valence-corrected chi connectivity index (χ4v) is 5.92. The van der Waals surface area contributed by atoms with Crippen LogP contribution in [0.25, 0.3) is 0 Å². The zero-order valence-corrected chi connectivity index (χ0v) is 19.2. The van der Waals surface area contributed by atoms with E-state index in [4.69, 9.17) is 4.74 Å². The van der Waals surface area contributed by atoms with Crippen LogP contribution in [0.2, 0.25) is 0 Å². The van der Waals surface area contributed by atoms with Gasteiger partial charge in [-0.1, -0.05) is 49.4 Å². The van der Waals surface area contributed by atoms with Gasteiger partial charge in [-0.3, -0.25) is 4.79 Å². The van der Waals surface area contributed by atoms with Crippen molar-refractivity contribution in [1.82, 2.24) is 5.32 Å². The van der Waals surface area contributed by atoms with E-state index in [1.54, 1.807) is 0 Å². The second-order valence-electron chi connectivity index (χ2n) is 8.38. The molecule has 2 aromatic carbocycles. The van der Waals surface area contributed by atoms with E-state index in [2.05, 4.69) is 77.3 Å². The highest BCUT2D eigenvalue weighted by molar-refractivity contribution is 14.1. The lowest BCUT2D eigenvalue weighted by molar-refractivity contribution is -0.151. The van der Waals surface area contributed by atoms with Crippen LogP contribution in [0, 0.1) is 9.49 Å². The molecule has 2 heterocycles. The number of esters is 1. The van der Waals surface area contributed by atoms with E-state index >= 15 is 0 Å². The maximum Gasteiger partial charge on any atom is 0.311 e. The Balaban J connectivity index is 1.42. The average Bonchev–Trinajstić information content (AvgIpc) is 3.12. The molecule has 1 N–H and O–H groups in total.